The van der Waals surface area contributed by atoms with E-state index in [4.69, 9.17) is 16.3 Å². The van der Waals surface area contributed by atoms with Crippen LogP contribution in [0.5, 0.6) is 0 Å². The standard InChI is InChI=1S/C25H25ClN4O3S2/c1-25(8-11-33-12-9-25)24(32)30-22(27-15-17-6-7-21(26)35-17)14-20(28-30)19-5-2-10-29(23(19)31)16-18-4-3-13-34-18/h2-7,10,13-14,27H,8-9,11-12,15-16H2,1H3. The highest BCUT2D eigenvalue weighted by Gasteiger charge is 2.38. The van der Waals surface area contributed by atoms with Crippen molar-refractivity contribution in [2.75, 3.05) is 18.5 Å². The van der Waals surface area contributed by atoms with Crippen molar-refractivity contribution in [3.8, 4) is 11.3 Å². The average molecular weight is 529 g/mol. The lowest BCUT2D eigenvalue weighted by Gasteiger charge is -2.31. The Kier molecular flexibility index (Phi) is 6.93. The largest absolute Gasteiger partial charge is 0.381 e. The van der Waals surface area contributed by atoms with Gasteiger partial charge in [0.05, 0.1) is 28.4 Å². The van der Waals surface area contributed by atoms with E-state index in [-0.39, 0.29) is 11.5 Å². The van der Waals surface area contributed by atoms with E-state index in [9.17, 15) is 9.59 Å². The van der Waals surface area contributed by atoms with E-state index in [0.29, 0.717) is 60.6 Å². The van der Waals surface area contributed by atoms with Crippen LogP contribution in [-0.2, 0) is 17.8 Å². The predicted molar refractivity (Wildman–Crippen MR) is 141 cm³/mol. The molecule has 1 aliphatic rings. The SMILES string of the molecule is CC1(C(=O)n2nc(-c3cccn(Cc4cccs4)c3=O)cc2NCc2ccc(Cl)s2)CCOCC1. The van der Waals surface area contributed by atoms with Gasteiger partial charge in [-0.1, -0.05) is 24.6 Å². The summed E-state index contributed by atoms with van der Waals surface area (Å²) < 4.78 is 9.28. The number of halogens is 1. The number of hydrogen-bond acceptors (Lipinski definition) is 7. The van der Waals surface area contributed by atoms with Gasteiger partial charge in [0.1, 0.15) is 11.5 Å². The van der Waals surface area contributed by atoms with Gasteiger partial charge in [-0.05, 0) is 48.6 Å². The zero-order valence-electron chi connectivity index (χ0n) is 19.2. The summed E-state index contributed by atoms with van der Waals surface area (Å²) in [6.07, 6.45) is 3.02. The smallest absolute Gasteiger partial charge is 0.260 e. The molecule has 0 atom stereocenters. The summed E-state index contributed by atoms with van der Waals surface area (Å²) >= 11 is 9.17. The molecule has 1 N–H and O–H groups in total. The van der Waals surface area contributed by atoms with Gasteiger partial charge in [0.2, 0.25) is 0 Å². The Bertz CT molecular complexity index is 1380. The van der Waals surface area contributed by atoms with E-state index in [1.54, 1.807) is 34.2 Å². The molecule has 0 unspecified atom stereocenters. The van der Waals surface area contributed by atoms with Crippen molar-refractivity contribution in [1.82, 2.24) is 14.3 Å². The fourth-order valence-electron chi connectivity index (χ4n) is 4.14. The maximum Gasteiger partial charge on any atom is 0.260 e. The summed E-state index contributed by atoms with van der Waals surface area (Å²) in [6, 6.07) is 13.1. The molecule has 7 nitrogen and oxygen atoms in total. The number of thiophene rings is 2. The highest BCUT2D eigenvalue weighted by molar-refractivity contribution is 7.16. The summed E-state index contributed by atoms with van der Waals surface area (Å²) in [7, 11) is 0. The minimum Gasteiger partial charge on any atom is -0.381 e. The van der Waals surface area contributed by atoms with E-state index in [2.05, 4.69) is 10.4 Å². The van der Waals surface area contributed by atoms with Crippen molar-refractivity contribution >= 4 is 46.0 Å². The molecule has 0 amide bonds. The summed E-state index contributed by atoms with van der Waals surface area (Å²) in [5, 5.41) is 9.97. The Morgan fingerprint density at radius 1 is 1.20 bits per heavy atom. The van der Waals surface area contributed by atoms with Crippen LogP contribution in [0.1, 0.15) is 34.3 Å². The van der Waals surface area contributed by atoms with Crippen LogP contribution >= 0.6 is 34.3 Å². The van der Waals surface area contributed by atoms with Gasteiger partial charge >= 0.3 is 0 Å². The van der Waals surface area contributed by atoms with E-state index < -0.39 is 5.41 Å². The molecule has 0 aliphatic carbocycles. The third-order valence-corrected chi connectivity index (χ3v) is 8.38. The Hall–Kier alpha value is -2.72. The lowest BCUT2D eigenvalue weighted by Crippen LogP contribution is -2.38. The van der Waals surface area contributed by atoms with E-state index in [0.717, 1.165) is 9.75 Å². The van der Waals surface area contributed by atoms with Crippen molar-refractivity contribution in [3.63, 3.8) is 0 Å². The Morgan fingerprint density at radius 3 is 2.74 bits per heavy atom. The molecule has 1 fully saturated rings. The van der Waals surface area contributed by atoms with Crippen LogP contribution in [0.2, 0.25) is 4.34 Å². The Balaban J connectivity index is 1.50. The van der Waals surface area contributed by atoms with Crippen LogP contribution in [0, 0.1) is 5.41 Å². The van der Waals surface area contributed by atoms with E-state index >= 15 is 0 Å². The average Bonchev–Trinajstić information content (AvgIpc) is 3.61. The second-order valence-corrected chi connectivity index (χ2v) is 11.6. The molecule has 0 radical (unpaired) electrons. The van der Waals surface area contributed by atoms with Gasteiger partial charge in [-0.3, -0.25) is 9.59 Å². The number of rotatable bonds is 7. The Morgan fingerprint density at radius 2 is 2.03 bits per heavy atom. The first-order chi connectivity index (χ1) is 16.9. The number of hydrogen-bond donors (Lipinski definition) is 1. The number of nitrogens with one attached hydrogen (secondary N) is 1. The number of anilines is 1. The molecule has 5 rings (SSSR count). The second kappa shape index (κ2) is 10.1. The molecule has 1 saturated heterocycles. The van der Waals surface area contributed by atoms with E-state index in [1.165, 1.54) is 16.0 Å². The number of carbonyl (C=O) groups is 1. The number of carbonyl (C=O) groups excluding carboxylic acids is 1. The quantitative estimate of drug-likeness (QED) is 0.337. The number of nitrogens with zero attached hydrogens (tertiary/aromatic N) is 3. The van der Waals surface area contributed by atoms with Crippen LogP contribution in [0.15, 0.2) is 58.8 Å². The zero-order chi connectivity index (χ0) is 24.4. The number of aromatic nitrogens is 3. The Labute approximate surface area is 215 Å². The van der Waals surface area contributed by atoms with Crippen LogP contribution in [0.4, 0.5) is 5.82 Å². The molecule has 0 spiro atoms. The summed E-state index contributed by atoms with van der Waals surface area (Å²) in [6.45, 7) is 4.02. The normalized spacial score (nSPS) is 15.3. The molecule has 0 aromatic carbocycles. The number of ether oxygens (including phenoxy) is 1. The first kappa shape index (κ1) is 24.0. The fraction of sp³-hybridized carbons (Fsp3) is 0.320. The van der Waals surface area contributed by atoms with Gasteiger partial charge in [-0.15, -0.1) is 22.7 Å². The number of pyridine rings is 1. The van der Waals surface area contributed by atoms with Crippen LogP contribution in [0.25, 0.3) is 11.3 Å². The highest BCUT2D eigenvalue weighted by Crippen LogP contribution is 2.34. The maximum absolute atomic E-state index is 13.7. The zero-order valence-corrected chi connectivity index (χ0v) is 21.6. The predicted octanol–water partition coefficient (Wildman–Crippen LogP) is 5.61. The third kappa shape index (κ3) is 5.13. The second-order valence-electron chi connectivity index (χ2n) is 8.80. The lowest BCUT2D eigenvalue weighted by molar-refractivity contribution is 0.0169. The first-order valence-electron chi connectivity index (χ1n) is 11.4. The van der Waals surface area contributed by atoms with Gasteiger partial charge in [0.25, 0.3) is 11.5 Å². The monoisotopic (exact) mass is 528 g/mol. The maximum atomic E-state index is 13.7. The molecular weight excluding hydrogens is 504 g/mol. The van der Waals surface area contributed by atoms with Crippen molar-refractivity contribution in [2.45, 2.75) is 32.9 Å². The van der Waals surface area contributed by atoms with Crippen LogP contribution in [-0.4, -0.2) is 33.5 Å². The molecule has 1 aliphatic heterocycles. The minimum atomic E-state index is -0.583. The molecule has 4 aromatic rings. The lowest BCUT2D eigenvalue weighted by atomic mass is 9.81. The molecule has 182 valence electrons. The van der Waals surface area contributed by atoms with Crippen molar-refractivity contribution in [3.05, 3.63) is 78.5 Å². The van der Waals surface area contributed by atoms with Crippen LogP contribution in [0.3, 0.4) is 0 Å². The first-order valence-corrected chi connectivity index (χ1v) is 13.4. The summed E-state index contributed by atoms with van der Waals surface area (Å²) in [4.78, 5) is 29.1. The fourth-order valence-corrected chi connectivity index (χ4v) is 5.87. The molecular formula is C25H25ClN4O3S2. The van der Waals surface area contributed by atoms with Gasteiger partial charge in [0.15, 0.2) is 0 Å². The summed E-state index contributed by atoms with van der Waals surface area (Å²) in [5.74, 6) is 0.448. The van der Waals surface area contributed by atoms with Crippen LogP contribution < -0.4 is 10.9 Å². The molecule has 35 heavy (non-hydrogen) atoms. The van der Waals surface area contributed by atoms with Gasteiger partial charge < -0.3 is 14.6 Å². The highest BCUT2D eigenvalue weighted by atomic mass is 35.5. The summed E-state index contributed by atoms with van der Waals surface area (Å²) in [5.41, 5.74) is 0.188. The molecule has 4 aromatic heterocycles. The molecule has 5 heterocycles. The van der Waals surface area contributed by atoms with Gasteiger partial charge in [-0.25, -0.2) is 0 Å². The van der Waals surface area contributed by atoms with E-state index in [1.807, 2.05) is 42.6 Å². The minimum absolute atomic E-state index is 0.103. The van der Waals surface area contributed by atoms with Gasteiger partial charge in [-0.2, -0.15) is 9.78 Å². The topological polar surface area (TPSA) is 78.2 Å². The third-order valence-electron chi connectivity index (χ3n) is 6.29. The van der Waals surface area contributed by atoms with Crippen molar-refractivity contribution in [1.29, 1.82) is 0 Å². The van der Waals surface area contributed by atoms with Crippen molar-refractivity contribution < 1.29 is 9.53 Å². The molecule has 10 heteroatoms. The molecule has 0 saturated carbocycles. The molecule has 0 bridgehead atoms. The van der Waals surface area contributed by atoms with Crippen molar-refractivity contribution in [2.24, 2.45) is 5.41 Å². The van der Waals surface area contributed by atoms with Gasteiger partial charge in [0, 0.05) is 35.2 Å².